The molecule has 4 aromatic carbocycles. The number of rotatable bonds is 1. The third-order valence-electron chi connectivity index (χ3n) is 4.18. The number of benzene rings is 4. The fraction of sp³-hybridized carbons (Fsp3) is 0. The van der Waals surface area contributed by atoms with Crippen molar-refractivity contribution in [2.75, 3.05) is 0 Å². The van der Waals surface area contributed by atoms with Crippen LogP contribution in [0.5, 0.6) is 0 Å². The average molecular weight is 314 g/mol. The van der Waals surface area contributed by atoms with Gasteiger partial charge in [0.25, 0.3) is 0 Å². The van der Waals surface area contributed by atoms with E-state index >= 15 is 0 Å². The summed E-state index contributed by atoms with van der Waals surface area (Å²) >= 11 is 6.34. The zero-order chi connectivity index (χ0) is 15.8. The van der Waals surface area contributed by atoms with Gasteiger partial charge in [-0.25, -0.2) is 0 Å². The number of fused-ring (bicyclic) bond motifs is 2. The Morgan fingerprint density at radius 3 is 2.17 bits per heavy atom. The maximum atomic E-state index is 9.49. The molecule has 4 rings (SSSR count). The summed E-state index contributed by atoms with van der Waals surface area (Å²) < 4.78 is 0. The van der Waals surface area contributed by atoms with Crippen LogP contribution in [0, 0.1) is 11.3 Å². The molecule has 0 atom stereocenters. The van der Waals surface area contributed by atoms with Gasteiger partial charge in [-0.05, 0) is 34.0 Å². The van der Waals surface area contributed by atoms with Crippen LogP contribution in [0.4, 0.5) is 0 Å². The fourth-order valence-corrected chi connectivity index (χ4v) is 3.40. The van der Waals surface area contributed by atoms with Crippen LogP contribution in [0.3, 0.4) is 0 Å². The molecule has 0 amide bonds. The minimum Gasteiger partial charge on any atom is -0.192 e. The molecule has 108 valence electrons. The van der Waals surface area contributed by atoms with Gasteiger partial charge in [0.05, 0.1) is 11.6 Å². The number of nitrogens with zero attached hydrogens (tertiary/aromatic N) is 1. The minimum atomic E-state index is 0.692. The number of halogens is 1. The van der Waals surface area contributed by atoms with Crippen LogP contribution in [0.15, 0.2) is 72.8 Å². The number of nitriles is 1. The van der Waals surface area contributed by atoms with Crippen molar-refractivity contribution in [3.8, 4) is 17.2 Å². The van der Waals surface area contributed by atoms with Gasteiger partial charge in [0.2, 0.25) is 0 Å². The Labute approximate surface area is 139 Å². The lowest BCUT2D eigenvalue weighted by Gasteiger charge is -2.12. The zero-order valence-electron chi connectivity index (χ0n) is 12.3. The number of hydrogen-bond donors (Lipinski definition) is 0. The van der Waals surface area contributed by atoms with Crippen molar-refractivity contribution in [3.05, 3.63) is 83.4 Å². The van der Waals surface area contributed by atoms with Crippen LogP contribution in [0.25, 0.3) is 32.7 Å². The molecule has 0 aliphatic carbocycles. The largest absolute Gasteiger partial charge is 0.192 e. The fourth-order valence-electron chi connectivity index (χ4n) is 3.17. The second-order valence-electron chi connectivity index (χ2n) is 5.46. The third-order valence-corrected chi connectivity index (χ3v) is 4.51. The van der Waals surface area contributed by atoms with Crippen LogP contribution >= 0.6 is 11.6 Å². The maximum Gasteiger partial charge on any atom is 0.0998 e. The van der Waals surface area contributed by atoms with E-state index in [1.165, 1.54) is 0 Å². The van der Waals surface area contributed by atoms with Gasteiger partial charge in [0.1, 0.15) is 0 Å². The molecule has 4 aromatic rings. The van der Waals surface area contributed by atoms with Gasteiger partial charge in [0, 0.05) is 15.8 Å². The number of hydrogen-bond acceptors (Lipinski definition) is 1. The first-order valence-corrected chi connectivity index (χ1v) is 7.77. The molecule has 0 aliphatic rings. The molecule has 0 spiro atoms. The lowest BCUT2D eigenvalue weighted by molar-refractivity contribution is 1.50. The van der Waals surface area contributed by atoms with Crippen LogP contribution < -0.4 is 0 Å². The Balaban J connectivity index is 2.17. The predicted octanol–water partition coefficient (Wildman–Crippen LogP) is 6.19. The normalized spacial score (nSPS) is 10.8. The molecule has 0 radical (unpaired) electrons. The molecule has 0 N–H and O–H groups in total. The van der Waals surface area contributed by atoms with Crippen molar-refractivity contribution in [2.24, 2.45) is 0 Å². The van der Waals surface area contributed by atoms with E-state index in [0.717, 1.165) is 37.7 Å². The summed E-state index contributed by atoms with van der Waals surface area (Å²) in [5.41, 5.74) is 2.85. The van der Waals surface area contributed by atoms with Crippen LogP contribution in [0.2, 0.25) is 5.02 Å². The van der Waals surface area contributed by atoms with Crippen LogP contribution in [-0.2, 0) is 0 Å². The molecular formula is C21H12ClN. The third kappa shape index (κ3) is 2.16. The topological polar surface area (TPSA) is 23.8 Å². The van der Waals surface area contributed by atoms with E-state index in [9.17, 15) is 5.26 Å². The summed E-state index contributed by atoms with van der Waals surface area (Å²) in [6.45, 7) is 0. The first kappa shape index (κ1) is 13.8. The Bertz CT molecular complexity index is 1080. The smallest absolute Gasteiger partial charge is 0.0998 e. The molecule has 23 heavy (non-hydrogen) atoms. The highest BCUT2D eigenvalue weighted by Crippen LogP contribution is 2.37. The Kier molecular flexibility index (Phi) is 3.26. The molecule has 0 heterocycles. The second-order valence-corrected chi connectivity index (χ2v) is 5.87. The molecule has 1 nitrogen and oxygen atoms in total. The van der Waals surface area contributed by atoms with Crippen molar-refractivity contribution in [1.82, 2.24) is 0 Å². The molecule has 0 unspecified atom stereocenters. The highest BCUT2D eigenvalue weighted by Gasteiger charge is 2.11. The molecule has 2 heteroatoms. The van der Waals surface area contributed by atoms with Gasteiger partial charge >= 0.3 is 0 Å². The van der Waals surface area contributed by atoms with Crippen molar-refractivity contribution in [2.45, 2.75) is 0 Å². The Morgan fingerprint density at radius 1 is 0.696 bits per heavy atom. The Hall–Kier alpha value is -2.82. The van der Waals surface area contributed by atoms with E-state index < -0.39 is 0 Å². The lowest BCUT2D eigenvalue weighted by atomic mass is 9.92. The quantitative estimate of drug-likeness (QED) is 0.411. The van der Waals surface area contributed by atoms with E-state index in [-0.39, 0.29) is 0 Å². The lowest BCUT2D eigenvalue weighted by Crippen LogP contribution is -1.87. The summed E-state index contributed by atoms with van der Waals surface area (Å²) in [4.78, 5) is 0. The summed E-state index contributed by atoms with van der Waals surface area (Å²) in [5, 5.41) is 14.4. The van der Waals surface area contributed by atoms with Gasteiger partial charge < -0.3 is 0 Å². The molecule has 0 bridgehead atoms. The second kappa shape index (κ2) is 5.43. The van der Waals surface area contributed by atoms with E-state index in [4.69, 9.17) is 11.6 Å². The van der Waals surface area contributed by atoms with E-state index in [2.05, 4.69) is 24.3 Å². The first-order valence-electron chi connectivity index (χ1n) is 7.39. The van der Waals surface area contributed by atoms with Crippen molar-refractivity contribution < 1.29 is 0 Å². The standard InChI is InChI=1S/C21H12ClN/c22-20-12-4-9-16-17(8-3-10-18(16)20)19-11-2-6-14-5-1-7-15(13-23)21(14)19/h1-12H. The highest BCUT2D eigenvalue weighted by atomic mass is 35.5. The SMILES string of the molecule is N#Cc1cccc2cccc(-c3cccc4c(Cl)cccc34)c12. The van der Waals surface area contributed by atoms with Crippen molar-refractivity contribution >= 4 is 33.1 Å². The van der Waals surface area contributed by atoms with E-state index in [1.54, 1.807) is 0 Å². The summed E-state index contributed by atoms with van der Waals surface area (Å²) in [5.74, 6) is 0. The monoisotopic (exact) mass is 313 g/mol. The first-order chi connectivity index (χ1) is 11.3. The van der Waals surface area contributed by atoms with Crippen LogP contribution in [-0.4, -0.2) is 0 Å². The van der Waals surface area contributed by atoms with Crippen molar-refractivity contribution in [1.29, 1.82) is 5.26 Å². The van der Waals surface area contributed by atoms with Gasteiger partial charge in [-0.1, -0.05) is 72.3 Å². The minimum absolute atomic E-state index is 0.692. The molecule has 0 aliphatic heterocycles. The average Bonchev–Trinajstić information content (AvgIpc) is 2.60. The molecular weight excluding hydrogens is 302 g/mol. The van der Waals surface area contributed by atoms with Gasteiger partial charge in [-0.2, -0.15) is 5.26 Å². The van der Waals surface area contributed by atoms with Gasteiger partial charge in [0.15, 0.2) is 0 Å². The van der Waals surface area contributed by atoms with Crippen molar-refractivity contribution in [3.63, 3.8) is 0 Å². The summed E-state index contributed by atoms with van der Waals surface area (Å²) in [6.07, 6.45) is 0. The molecule has 0 aromatic heterocycles. The summed E-state index contributed by atoms with van der Waals surface area (Å²) in [6, 6.07) is 26.3. The molecule has 0 fully saturated rings. The Morgan fingerprint density at radius 2 is 1.35 bits per heavy atom. The maximum absolute atomic E-state index is 9.49. The van der Waals surface area contributed by atoms with Gasteiger partial charge in [-0.15, -0.1) is 0 Å². The summed E-state index contributed by atoms with van der Waals surface area (Å²) in [7, 11) is 0. The molecule has 0 saturated heterocycles. The predicted molar refractivity (Wildman–Crippen MR) is 96.6 cm³/mol. The zero-order valence-corrected chi connectivity index (χ0v) is 13.0. The molecule has 0 saturated carbocycles. The van der Waals surface area contributed by atoms with E-state index in [0.29, 0.717) is 5.56 Å². The van der Waals surface area contributed by atoms with E-state index in [1.807, 2.05) is 54.6 Å². The van der Waals surface area contributed by atoms with Gasteiger partial charge in [-0.3, -0.25) is 0 Å². The van der Waals surface area contributed by atoms with Crippen LogP contribution in [0.1, 0.15) is 5.56 Å². The highest BCUT2D eigenvalue weighted by molar-refractivity contribution is 6.36.